The van der Waals surface area contributed by atoms with Crippen LogP contribution in [0.1, 0.15) is 55.8 Å². The Morgan fingerprint density at radius 3 is 2.43 bits per heavy atom. The molecule has 2 amide bonds. The molecule has 2 atom stereocenters. The van der Waals surface area contributed by atoms with E-state index in [2.05, 4.69) is 17.6 Å². The topological polar surface area (TPSA) is 76.7 Å². The van der Waals surface area contributed by atoms with Crippen LogP contribution in [0.15, 0.2) is 42.5 Å². The first-order valence-corrected chi connectivity index (χ1v) is 10.8. The van der Waals surface area contributed by atoms with Gasteiger partial charge in [0.15, 0.2) is 11.5 Å². The Hall–Kier alpha value is -3.02. The van der Waals surface area contributed by atoms with Gasteiger partial charge in [-0.3, -0.25) is 9.59 Å². The van der Waals surface area contributed by atoms with E-state index in [1.54, 1.807) is 24.3 Å². The number of amides is 2. The number of benzene rings is 2. The highest BCUT2D eigenvalue weighted by molar-refractivity contribution is 6.05. The minimum Gasteiger partial charge on any atom is -0.448 e. The third-order valence-corrected chi connectivity index (χ3v) is 6.25. The average molecular weight is 406 g/mol. The first-order chi connectivity index (χ1) is 14.5. The minimum atomic E-state index is -0.533. The Labute approximate surface area is 176 Å². The summed E-state index contributed by atoms with van der Waals surface area (Å²) < 4.78 is 12.2. The molecule has 3 aliphatic rings. The third-order valence-electron chi connectivity index (χ3n) is 6.25. The molecule has 2 aromatic carbocycles. The quantitative estimate of drug-likeness (QED) is 0.752. The lowest BCUT2D eigenvalue weighted by molar-refractivity contribution is -0.117. The molecule has 2 aromatic rings. The molecule has 2 saturated carbocycles. The lowest BCUT2D eigenvalue weighted by Gasteiger charge is -2.31. The van der Waals surface area contributed by atoms with Gasteiger partial charge in [0, 0.05) is 41.8 Å². The van der Waals surface area contributed by atoms with E-state index in [0.29, 0.717) is 28.6 Å². The van der Waals surface area contributed by atoms with E-state index in [1.807, 2.05) is 18.2 Å². The summed E-state index contributed by atoms with van der Waals surface area (Å²) in [6, 6.07) is 12.5. The van der Waals surface area contributed by atoms with Crippen molar-refractivity contribution in [3.8, 4) is 11.5 Å². The number of carbonyl (C=O) groups is 2. The van der Waals surface area contributed by atoms with Crippen molar-refractivity contribution in [2.45, 2.75) is 51.2 Å². The fourth-order valence-electron chi connectivity index (χ4n) is 4.33. The summed E-state index contributed by atoms with van der Waals surface area (Å²) in [5.41, 5.74) is 1.77. The predicted molar refractivity (Wildman–Crippen MR) is 114 cm³/mol. The van der Waals surface area contributed by atoms with Crippen molar-refractivity contribution in [3.05, 3.63) is 48.0 Å². The van der Waals surface area contributed by atoms with Gasteiger partial charge in [0.05, 0.1) is 0 Å². The lowest BCUT2D eigenvalue weighted by Crippen LogP contribution is -2.40. The Morgan fingerprint density at radius 1 is 0.933 bits per heavy atom. The van der Waals surface area contributed by atoms with Gasteiger partial charge < -0.3 is 20.1 Å². The third kappa shape index (κ3) is 3.74. The molecule has 2 N–H and O–H groups in total. The predicted octanol–water partition coefficient (Wildman–Crippen LogP) is 4.97. The van der Waals surface area contributed by atoms with E-state index in [1.165, 1.54) is 6.42 Å². The number of hydrogen-bond donors (Lipinski definition) is 2. The molecular formula is C24H26N2O4. The van der Waals surface area contributed by atoms with Crippen molar-refractivity contribution < 1.29 is 19.1 Å². The van der Waals surface area contributed by atoms with Crippen molar-refractivity contribution >= 4 is 23.2 Å². The highest BCUT2D eigenvalue weighted by atomic mass is 16.7. The van der Waals surface area contributed by atoms with Crippen LogP contribution in [0, 0.1) is 11.8 Å². The van der Waals surface area contributed by atoms with Gasteiger partial charge >= 0.3 is 0 Å². The SMILES string of the molecule is CC1CC1C(=O)Nc1cccc(C(=O)Nc2ccc3c(c2)OC2(CCCCC2)O3)c1. The number of rotatable bonds is 4. The zero-order chi connectivity index (χ0) is 20.7. The van der Waals surface area contributed by atoms with E-state index >= 15 is 0 Å². The van der Waals surface area contributed by atoms with Gasteiger partial charge in [0.2, 0.25) is 5.91 Å². The summed E-state index contributed by atoms with van der Waals surface area (Å²) >= 11 is 0. The Morgan fingerprint density at radius 2 is 1.67 bits per heavy atom. The van der Waals surface area contributed by atoms with Crippen LogP contribution >= 0.6 is 0 Å². The summed E-state index contributed by atoms with van der Waals surface area (Å²) in [7, 11) is 0. The summed E-state index contributed by atoms with van der Waals surface area (Å²) in [5.74, 6) is 1.18. The van der Waals surface area contributed by atoms with Crippen LogP contribution in [-0.2, 0) is 4.79 Å². The number of ether oxygens (including phenoxy) is 2. The molecule has 6 nitrogen and oxygen atoms in total. The number of hydrogen-bond acceptors (Lipinski definition) is 4. The van der Waals surface area contributed by atoms with Gasteiger partial charge in [-0.1, -0.05) is 19.4 Å². The second-order valence-corrected chi connectivity index (χ2v) is 8.68. The van der Waals surface area contributed by atoms with Crippen LogP contribution < -0.4 is 20.1 Å². The van der Waals surface area contributed by atoms with Crippen molar-refractivity contribution in [2.24, 2.45) is 11.8 Å². The van der Waals surface area contributed by atoms with Gasteiger partial charge in [0.25, 0.3) is 11.7 Å². The molecule has 1 spiro atoms. The second kappa shape index (κ2) is 7.35. The minimum absolute atomic E-state index is 0.0208. The Kier molecular flexibility index (Phi) is 4.65. The highest BCUT2D eigenvalue weighted by Gasteiger charge is 2.42. The lowest BCUT2D eigenvalue weighted by atomic mass is 9.94. The van der Waals surface area contributed by atoms with Crippen LogP contribution in [0.3, 0.4) is 0 Å². The zero-order valence-corrected chi connectivity index (χ0v) is 17.1. The maximum absolute atomic E-state index is 12.7. The Balaban J connectivity index is 1.26. The smallest absolute Gasteiger partial charge is 0.255 e. The summed E-state index contributed by atoms with van der Waals surface area (Å²) in [4.78, 5) is 24.9. The molecule has 0 aromatic heterocycles. The largest absolute Gasteiger partial charge is 0.448 e. The molecule has 1 heterocycles. The van der Waals surface area contributed by atoms with Crippen LogP contribution in [0.5, 0.6) is 11.5 Å². The summed E-state index contributed by atoms with van der Waals surface area (Å²) in [6.07, 6.45) is 6.13. The van der Waals surface area contributed by atoms with Crippen LogP contribution in [-0.4, -0.2) is 17.6 Å². The molecular weight excluding hydrogens is 380 g/mol. The van der Waals surface area contributed by atoms with E-state index in [9.17, 15) is 9.59 Å². The molecule has 6 heteroatoms. The second-order valence-electron chi connectivity index (χ2n) is 8.68. The normalized spacial score (nSPS) is 23.1. The molecule has 30 heavy (non-hydrogen) atoms. The van der Waals surface area contributed by atoms with Gasteiger partial charge in [-0.05, 0) is 55.5 Å². The van der Waals surface area contributed by atoms with Crippen LogP contribution in [0.25, 0.3) is 0 Å². The van der Waals surface area contributed by atoms with Crippen molar-refractivity contribution in [1.82, 2.24) is 0 Å². The van der Waals surface area contributed by atoms with Crippen LogP contribution in [0.4, 0.5) is 11.4 Å². The highest BCUT2D eigenvalue weighted by Crippen LogP contribution is 2.46. The van der Waals surface area contributed by atoms with Crippen molar-refractivity contribution in [3.63, 3.8) is 0 Å². The fourth-order valence-corrected chi connectivity index (χ4v) is 4.33. The van der Waals surface area contributed by atoms with Gasteiger partial charge in [-0.2, -0.15) is 0 Å². The van der Waals surface area contributed by atoms with E-state index in [-0.39, 0.29) is 17.7 Å². The standard InChI is InChI=1S/C24H26N2O4/c1-15-12-19(15)23(28)26-17-7-5-6-16(13-17)22(27)25-18-8-9-20-21(14-18)30-24(29-20)10-3-2-4-11-24/h5-9,13-15,19H,2-4,10-12H2,1H3,(H,25,27)(H,26,28). The average Bonchev–Trinajstić information content (AvgIpc) is 3.38. The molecule has 0 bridgehead atoms. The van der Waals surface area contributed by atoms with Gasteiger partial charge in [-0.15, -0.1) is 0 Å². The van der Waals surface area contributed by atoms with Crippen LogP contribution in [0.2, 0.25) is 0 Å². The molecule has 156 valence electrons. The molecule has 2 unspecified atom stereocenters. The number of fused-ring (bicyclic) bond motifs is 1. The first-order valence-electron chi connectivity index (χ1n) is 10.8. The van der Waals surface area contributed by atoms with E-state index in [0.717, 1.165) is 37.9 Å². The van der Waals surface area contributed by atoms with Gasteiger partial charge in [-0.25, -0.2) is 0 Å². The van der Waals surface area contributed by atoms with Crippen molar-refractivity contribution in [1.29, 1.82) is 0 Å². The molecule has 5 rings (SSSR count). The molecule has 2 fully saturated rings. The number of anilines is 2. The Bertz CT molecular complexity index is 996. The fraction of sp³-hybridized carbons (Fsp3) is 0.417. The van der Waals surface area contributed by atoms with Gasteiger partial charge in [0.1, 0.15) is 0 Å². The maximum atomic E-state index is 12.7. The molecule has 1 aliphatic heterocycles. The summed E-state index contributed by atoms with van der Waals surface area (Å²) in [6.45, 7) is 2.07. The van der Waals surface area contributed by atoms with E-state index in [4.69, 9.17) is 9.47 Å². The number of carbonyl (C=O) groups excluding carboxylic acids is 2. The van der Waals surface area contributed by atoms with Crippen molar-refractivity contribution in [2.75, 3.05) is 10.6 Å². The monoisotopic (exact) mass is 406 g/mol. The maximum Gasteiger partial charge on any atom is 0.255 e. The summed E-state index contributed by atoms with van der Waals surface area (Å²) in [5, 5.41) is 5.82. The number of nitrogens with one attached hydrogen (secondary N) is 2. The van der Waals surface area contributed by atoms with E-state index < -0.39 is 5.79 Å². The zero-order valence-electron chi connectivity index (χ0n) is 17.1. The molecule has 2 aliphatic carbocycles. The first kappa shape index (κ1) is 19.0. The molecule has 0 radical (unpaired) electrons. The molecule has 0 saturated heterocycles.